The number of benzene rings is 1. The summed E-state index contributed by atoms with van der Waals surface area (Å²) in [7, 11) is -0.488. The number of hydrogen-bond acceptors (Lipinski definition) is 14. The lowest BCUT2D eigenvalue weighted by Crippen LogP contribution is -2.65. The predicted molar refractivity (Wildman–Crippen MR) is 214 cm³/mol. The van der Waals surface area contributed by atoms with Crippen LogP contribution in [0.2, 0.25) is 6.32 Å². The van der Waals surface area contributed by atoms with Gasteiger partial charge in [-0.15, -0.1) is 0 Å². The van der Waals surface area contributed by atoms with Crippen LogP contribution in [0.4, 0.5) is 9.59 Å². The molecule has 1 amide bonds. The van der Waals surface area contributed by atoms with E-state index in [0.717, 1.165) is 12.8 Å². The minimum absolute atomic E-state index is 0.000883. The zero-order valence-corrected chi connectivity index (χ0v) is 36.7. The third kappa shape index (κ3) is 10.6. The number of amides is 1. The Bertz CT molecular complexity index is 1710. The highest BCUT2D eigenvalue weighted by Crippen LogP contribution is 2.65. The zero-order chi connectivity index (χ0) is 43.2. The van der Waals surface area contributed by atoms with Crippen LogP contribution in [-0.4, -0.2) is 114 Å². The number of carbonyl (C=O) groups is 4. The fourth-order valence-electron chi connectivity index (χ4n) is 8.58. The Morgan fingerprint density at radius 3 is 2.14 bits per heavy atom. The van der Waals surface area contributed by atoms with Crippen molar-refractivity contribution in [3.05, 3.63) is 23.3 Å². The summed E-state index contributed by atoms with van der Waals surface area (Å²) in [6.07, 6.45) is 0.586. The van der Waals surface area contributed by atoms with Crippen molar-refractivity contribution < 1.29 is 62.0 Å². The fourth-order valence-corrected chi connectivity index (χ4v) is 8.58. The van der Waals surface area contributed by atoms with Crippen molar-refractivity contribution in [2.75, 3.05) is 32.8 Å². The Labute approximate surface area is 343 Å². The lowest BCUT2D eigenvalue weighted by molar-refractivity contribution is -0.199. The molecule has 15 nitrogen and oxygen atoms in total. The molecule has 1 aromatic carbocycles. The molecule has 324 valence electrons. The Hall–Kier alpha value is -3.60. The van der Waals surface area contributed by atoms with Crippen molar-refractivity contribution in [1.29, 1.82) is 0 Å². The van der Waals surface area contributed by atoms with E-state index in [1.54, 1.807) is 74.4 Å². The number of likely N-dealkylation sites (tertiary alicyclic amines) is 1. The van der Waals surface area contributed by atoms with Crippen molar-refractivity contribution in [2.45, 2.75) is 156 Å². The minimum Gasteiger partial charge on any atom is -0.487 e. The largest absolute Gasteiger partial charge is 0.514 e. The van der Waals surface area contributed by atoms with E-state index in [1.807, 2.05) is 4.90 Å². The first-order valence-corrected chi connectivity index (χ1v) is 20.4. The van der Waals surface area contributed by atoms with Gasteiger partial charge in [-0.25, -0.2) is 19.2 Å². The number of carbonyl (C=O) groups excluding carboxylic acids is 4. The highest BCUT2D eigenvalue weighted by Gasteiger charge is 2.67. The maximum atomic E-state index is 14.1. The molecule has 1 aromatic rings. The highest BCUT2D eigenvalue weighted by atomic mass is 16.7. The first-order chi connectivity index (χ1) is 26.6. The summed E-state index contributed by atoms with van der Waals surface area (Å²) in [6.45, 7) is 23.8. The van der Waals surface area contributed by atoms with Crippen LogP contribution in [0.1, 0.15) is 119 Å². The predicted octanol–water partition coefficient (Wildman–Crippen LogP) is 6.11. The molecule has 2 aliphatic heterocycles. The summed E-state index contributed by atoms with van der Waals surface area (Å²) in [5.41, 5.74) is -3.85. The number of alkyl carbamates (subject to hydrolysis) is 1. The second-order valence-corrected chi connectivity index (χ2v) is 20.2. The molecule has 16 heteroatoms. The van der Waals surface area contributed by atoms with Gasteiger partial charge in [0.1, 0.15) is 40.8 Å². The van der Waals surface area contributed by atoms with Crippen LogP contribution < -0.4 is 14.8 Å². The Balaban J connectivity index is 1.38. The molecule has 2 heterocycles. The number of rotatable bonds is 13. The van der Waals surface area contributed by atoms with E-state index in [4.69, 9.17) is 37.7 Å². The Morgan fingerprint density at radius 1 is 0.914 bits per heavy atom. The third-order valence-corrected chi connectivity index (χ3v) is 11.3. The van der Waals surface area contributed by atoms with Gasteiger partial charge >= 0.3 is 31.3 Å². The fraction of sp³-hybridized carbons (Fsp3) is 0.762. The molecular weight excluding hydrogens is 751 g/mol. The smallest absolute Gasteiger partial charge is 0.487 e. The number of aliphatic hydroxyl groups excluding tert-OH is 1. The van der Waals surface area contributed by atoms with E-state index >= 15 is 0 Å². The number of esters is 2. The van der Waals surface area contributed by atoms with Gasteiger partial charge in [-0.1, -0.05) is 19.9 Å². The number of nitrogens with one attached hydrogen (secondary N) is 1. The quantitative estimate of drug-likeness (QED) is 0.101. The van der Waals surface area contributed by atoms with Crippen LogP contribution in [0.5, 0.6) is 11.5 Å². The van der Waals surface area contributed by atoms with Gasteiger partial charge in [0.2, 0.25) is 0 Å². The van der Waals surface area contributed by atoms with E-state index in [1.165, 1.54) is 6.92 Å². The van der Waals surface area contributed by atoms with E-state index in [2.05, 4.69) is 26.1 Å². The number of aliphatic hydroxyl groups is 1. The molecule has 5 aliphatic rings. The third-order valence-electron chi connectivity index (χ3n) is 11.3. The van der Waals surface area contributed by atoms with Crippen molar-refractivity contribution in [3.8, 4) is 11.5 Å². The summed E-state index contributed by atoms with van der Waals surface area (Å²) in [6, 6.07) is 3.41. The molecule has 5 atom stereocenters. The first kappa shape index (κ1) is 45.5. The van der Waals surface area contributed by atoms with Crippen molar-refractivity contribution in [3.63, 3.8) is 0 Å². The maximum Gasteiger partial charge on any atom is 0.514 e. The van der Waals surface area contributed by atoms with Crippen molar-refractivity contribution in [2.24, 2.45) is 17.3 Å². The van der Waals surface area contributed by atoms with E-state index in [9.17, 15) is 24.3 Å². The lowest BCUT2D eigenvalue weighted by atomic mass is 9.43. The van der Waals surface area contributed by atoms with Gasteiger partial charge in [0.05, 0.1) is 18.3 Å². The average molecular weight is 817 g/mol. The topological polar surface area (TPSA) is 178 Å². The molecule has 3 aliphatic carbocycles. The van der Waals surface area contributed by atoms with Crippen LogP contribution in [0.25, 0.3) is 0 Å². The number of aryl methyl sites for hydroxylation is 1. The SMILES string of the molecule is CC(C)(C)OC(=O)N[C@](C)(CN1CC(Oc2ccc(CCB3O[C@@H]4C[C@@H]5C[C@@H](C5(C)C)[C@]4(C)O3)c(OC(=O)OC(C)(C)C)c2C(=O)OC(C)(C)C)C1)C(=O)OCCO. The first-order valence-electron chi connectivity index (χ1n) is 20.4. The summed E-state index contributed by atoms with van der Waals surface area (Å²) >= 11 is 0. The molecule has 0 unspecified atom stereocenters. The monoisotopic (exact) mass is 816 g/mol. The van der Waals surface area contributed by atoms with E-state index < -0.39 is 65.4 Å². The molecule has 3 saturated carbocycles. The second-order valence-electron chi connectivity index (χ2n) is 20.2. The standard InChI is InChI=1S/C42H65BN2O13/c1-37(2,3)54-33(47)31-28(52-27-22-45(23-27)24-41(12,34(48)51-19-18-46)44-35(49)55-38(4,5)6)15-14-25(32(31)53-36(50)56-39(7,8)9)16-17-43-57-30-21-26-20-29(40(26,10)11)42(30,13)58-43/h14-15,26-27,29-30,46H,16-24H2,1-13H3,(H,44,49)/t26-,29-,30+,41+,42-/m0/s1. The number of ether oxygens (including phenoxy) is 6. The van der Waals surface area contributed by atoms with Gasteiger partial charge in [0.15, 0.2) is 11.3 Å². The minimum atomic E-state index is -1.53. The summed E-state index contributed by atoms with van der Waals surface area (Å²) in [4.78, 5) is 55.1. The van der Waals surface area contributed by atoms with Crippen LogP contribution in [-0.2, 0) is 39.5 Å². The number of nitrogens with zero attached hydrogens (tertiary/aromatic N) is 1. The molecule has 0 radical (unpaired) electrons. The van der Waals surface area contributed by atoms with Gasteiger partial charge in [-0.3, -0.25) is 4.90 Å². The molecule has 0 aromatic heterocycles. The highest BCUT2D eigenvalue weighted by molar-refractivity contribution is 6.45. The summed E-state index contributed by atoms with van der Waals surface area (Å²) in [5.74, 6) is -0.410. The second kappa shape index (κ2) is 16.5. The van der Waals surface area contributed by atoms with Crippen molar-refractivity contribution >= 4 is 31.3 Å². The van der Waals surface area contributed by atoms with Gasteiger partial charge in [0, 0.05) is 19.6 Å². The molecule has 2 bridgehead atoms. The zero-order valence-electron chi connectivity index (χ0n) is 36.7. The van der Waals surface area contributed by atoms with Crippen molar-refractivity contribution in [1.82, 2.24) is 10.2 Å². The Kier molecular flexibility index (Phi) is 12.9. The molecule has 2 saturated heterocycles. The van der Waals surface area contributed by atoms with Crippen LogP contribution >= 0.6 is 0 Å². The van der Waals surface area contributed by atoms with E-state index in [-0.39, 0.29) is 48.3 Å². The van der Waals surface area contributed by atoms with Gasteiger partial charge in [-0.05, 0) is 131 Å². The van der Waals surface area contributed by atoms with Crippen LogP contribution in [0.15, 0.2) is 12.1 Å². The van der Waals surface area contributed by atoms with Crippen LogP contribution in [0.3, 0.4) is 0 Å². The van der Waals surface area contributed by atoms with E-state index in [0.29, 0.717) is 43.2 Å². The Morgan fingerprint density at radius 2 is 1.55 bits per heavy atom. The molecule has 0 spiro atoms. The van der Waals surface area contributed by atoms with Crippen LogP contribution in [0, 0.1) is 17.3 Å². The summed E-state index contributed by atoms with van der Waals surface area (Å²) < 4.78 is 47.5. The van der Waals surface area contributed by atoms with Gasteiger partial charge < -0.3 is 48.2 Å². The van der Waals surface area contributed by atoms with Gasteiger partial charge in [0.25, 0.3) is 0 Å². The molecule has 6 rings (SSSR count). The lowest BCUT2D eigenvalue weighted by Gasteiger charge is -2.64. The molecule has 2 N–H and O–H groups in total. The average Bonchev–Trinajstić information content (AvgIpc) is 3.39. The summed E-state index contributed by atoms with van der Waals surface area (Å²) in [5, 5.41) is 11.9. The number of hydrogen-bond donors (Lipinski definition) is 2. The molecule has 58 heavy (non-hydrogen) atoms. The van der Waals surface area contributed by atoms with Gasteiger partial charge in [-0.2, -0.15) is 0 Å². The normalized spacial score (nSPS) is 25.3. The molecular formula is C42H65BN2O13. The molecule has 5 fully saturated rings. The maximum absolute atomic E-state index is 14.1.